The van der Waals surface area contributed by atoms with Gasteiger partial charge in [-0.2, -0.15) is 5.10 Å². The fourth-order valence-electron chi connectivity index (χ4n) is 3.97. The Hall–Kier alpha value is -3.09. The Kier molecular flexibility index (Phi) is 5.37. The summed E-state index contributed by atoms with van der Waals surface area (Å²) in [4.78, 5) is 26.2. The number of rotatable bonds is 5. The van der Waals surface area contributed by atoms with Gasteiger partial charge in [-0.1, -0.05) is 25.1 Å². The highest BCUT2D eigenvalue weighted by Gasteiger charge is 2.32. The number of amides is 1. The lowest BCUT2D eigenvalue weighted by Crippen LogP contribution is -2.41. The molecule has 4 rings (SSSR count). The molecular weight excluding hydrogens is 392 g/mol. The highest BCUT2D eigenvalue weighted by atomic mass is 16.6. The van der Waals surface area contributed by atoms with Crippen molar-refractivity contribution in [1.82, 2.24) is 19.7 Å². The second-order valence-electron chi connectivity index (χ2n) is 9.33. The first-order chi connectivity index (χ1) is 14.7. The quantitative estimate of drug-likeness (QED) is 0.646. The lowest BCUT2D eigenvalue weighted by atomic mass is 9.99. The zero-order chi connectivity index (χ0) is 22.3. The van der Waals surface area contributed by atoms with Crippen LogP contribution in [-0.4, -0.2) is 26.0 Å². The highest BCUT2D eigenvalue weighted by molar-refractivity contribution is 5.96. The minimum atomic E-state index is -0.498. The Morgan fingerprint density at radius 1 is 1.32 bits per heavy atom. The largest absolute Gasteiger partial charge is 0.440 e. The summed E-state index contributed by atoms with van der Waals surface area (Å²) in [6.07, 6.45) is 5.21. The zero-order valence-electron chi connectivity index (χ0n) is 18.8. The fourth-order valence-corrected chi connectivity index (χ4v) is 3.97. The number of carbonyl (C=O) groups excluding carboxylic acids is 1. The smallest absolute Gasteiger partial charge is 0.408 e. The van der Waals surface area contributed by atoms with Gasteiger partial charge in [-0.05, 0) is 57.0 Å². The van der Waals surface area contributed by atoms with Crippen LogP contribution in [0.15, 0.2) is 41.5 Å². The zero-order valence-corrected chi connectivity index (χ0v) is 18.8. The van der Waals surface area contributed by atoms with Gasteiger partial charge < -0.3 is 14.6 Å². The monoisotopic (exact) mass is 422 g/mol. The normalized spacial score (nSPS) is 15.1. The molecule has 2 heterocycles. The molecule has 31 heavy (non-hydrogen) atoms. The molecule has 1 amide bonds. The summed E-state index contributed by atoms with van der Waals surface area (Å²) in [5.74, 6) is 0. The molecule has 7 nitrogen and oxygen atoms in total. The van der Waals surface area contributed by atoms with Gasteiger partial charge in [0.05, 0.1) is 17.3 Å². The molecule has 1 aliphatic rings. The number of hydrogen-bond donors (Lipinski definition) is 1. The number of nitrogens with zero attached hydrogens (tertiary/aromatic N) is 3. The van der Waals surface area contributed by atoms with E-state index in [9.17, 15) is 9.59 Å². The van der Waals surface area contributed by atoms with Crippen molar-refractivity contribution in [1.29, 1.82) is 0 Å². The van der Waals surface area contributed by atoms with Crippen LogP contribution in [0.1, 0.15) is 64.8 Å². The molecule has 1 saturated carbocycles. The molecule has 0 aliphatic heterocycles. The number of hydrogen-bond acceptors (Lipinski definition) is 4. The number of pyridine rings is 1. The van der Waals surface area contributed by atoms with Crippen molar-refractivity contribution in [3.8, 4) is 11.1 Å². The Labute approximate surface area is 182 Å². The van der Waals surface area contributed by atoms with Crippen LogP contribution in [0.2, 0.25) is 0 Å². The van der Waals surface area contributed by atoms with E-state index >= 15 is 0 Å². The molecule has 7 heteroatoms. The number of fused-ring (bicyclic) bond motifs is 1. The first-order valence-electron chi connectivity index (χ1n) is 10.8. The van der Waals surface area contributed by atoms with E-state index in [2.05, 4.69) is 10.4 Å². The average Bonchev–Trinajstić information content (AvgIpc) is 3.43. The molecule has 1 N–H and O–H groups in total. The van der Waals surface area contributed by atoms with Crippen molar-refractivity contribution in [3.05, 3.63) is 52.7 Å². The minimum Gasteiger partial charge on any atom is -0.440 e. The summed E-state index contributed by atoms with van der Waals surface area (Å²) in [7, 11) is 1.86. The van der Waals surface area contributed by atoms with Crippen molar-refractivity contribution in [2.45, 2.75) is 64.6 Å². The SMILES string of the molecule is CC[C@H](OC(=O)NC(C)(C)C)c1cc2cccc(-c3cnn(C)c3)c2c(=O)n1C1CC1. The number of benzene rings is 1. The molecule has 0 bridgehead atoms. The molecule has 1 atom stereocenters. The predicted molar refractivity (Wildman–Crippen MR) is 121 cm³/mol. The van der Waals surface area contributed by atoms with Gasteiger partial charge in [0, 0.05) is 30.4 Å². The van der Waals surface area contributed by atoms with Gasteiger partial charge in [0.2, 0.25) is 0 Å². The number of alkyl carbamates (subject to hydrolysis) is 1. The fraction of sp³-hybridized carbons (Fsp3) is 0.458. The molecule has 0 spiro atoms. The summed E-state index contributed by atoms with van der Waals surface area (Å²) >= 11 is 0. The second kappa shape index (κ2) is 7.87. The van der Waals surface area contributed by atoms with Gasteiger partial charge in [0.15, 0.2) is 0 Å². The Morgan fingerprint density at radius 2 is 2.06 bits per heavy atom. The Morgan fingerprint density at radius 3 is 2.65 bits per heavy atom. The third-order valence-electron chi connectivity index (χ3n) is 5.47. The van der Waals surface area contributed by atoms with Crippen LogP contribution in [0.25, 0.3) is 21.9 Å². The molecule has 1 aliphatic carbocycles. The van der Waals surface area contributed by atoms with Gasteiger partial charge in [-0.3, -0.25) is 9.48 Å². The molecule has 2 aromatic heterocycles. The molecule has 3 aromatic rings. The Bertz CT molecular complexity index is 1180. The van der Waals surface area contributed by atoms with E-state index in [1.54, 1.807) is 10.9 Å². The third kappa shape index (κ3) is 4.36. The molecule has 1 fully saturated rings. The van der Waals surface area contributed by atoms with Crippen LogP contribution in [0.3, 0.4) is 0 Å². The lowest BCUT2D eigenvalue weighted by Gasteiger charge is -2.25. The molecular formula is C24H30N4O3. The molecule has 0 radical (unpaired) electrons. The van der Waals surface area contributed by atoms with Crippen molar-refractivity contribution in [2.24, 2.45) is 7.05 Å². The molecule has 0 saturated heterocycles. The third-order valence-corrected chi connectivity index (χ3v) is 5.47. The maximum absolute atomic E-state index is 13.7. The number of carbonyl (C=O) groups is 1. The molecule has 164 valence electrons. The number of nitrogens with one attached hydrogen (secondary N) is 1. The average molecular weight is 423 g/mol. The van der Waals surface area contributed by atoms with Crippen LogP contribution >= 0.6 is 0 Å². The van der Waals surface area contributed by atoms with Crippen molar-refractivity contribution in [3.63, 3.8) is 0 Å². The number of aromatic nitrogens is 3. The predicted octanol–water partition coefficient (Wildman–Crippen LogP) is 4.71. The van der Waals surface area contributed by atoms with Crippen LogP contribution in [-0.2, 0) is 11.8 Å². The van der Waals surface area contributed by atoms with E-state index < -0.39 is 17.7 Å². The van der Waals surface area contributed by atoms with Crippen LogP contribution in [0.4, 0.5) is 4.79 Å². The van der Waals surface area contributed by atoms with Crippen LogP contribution in [0, 0.1) is 0 Å². The van der Waals surface area contributed by atoms with E-state index in [0.29, 0.717) is 11.8 Å². The van der Waals surface area contributed by atoms with Gasteiger partial charge in [-0.15, -0.1) is 0 Å². The lowest BCUT2D eigenvalue weighted by molar-refractivity contribution is 0.0842. The van der Waals surface area contributed by atoms with E-state index in [1.807, 2.05) is 69.8 Å². The maximum atomic E-state index is 13.7. The summed E-state index contributed by atoms with van der Waals surface area (Å²) in [6.45, 7) is 7.69. The highest BCUT2D eigenvalue weighted by Crippen LogP contribution is 2.39. The maximum Gasteiger partial charge on any atom is 0.408 e. The van der Waals surface area contributed by atoms with Gasteiger partial charge in [-0.25, -0.2) is 4.79 Å². The van der Waals surface area contributed by atoms with E-state index in [1.165, 1.54) is 0 Å². The van der Waals surface area contributed by atoms with Gasteiger partial charge in [0.25, 0.3) is 5.56 Å². The van der Waals surface area contributed by atoms with Crippen LogP contribution in [0.5, 0.6) is 0 Å². The number of ether oxygens (including phenoxy) is 1. The number of aryl methyl sites for hydroxylation is 1. The second-order valence-corrected chi connectivity index (χ2v) is 9.33. The minimum absolute atomic E-state index is 0.0345. The summed E-state index contributed by atoms with van der Waals surface area (Å²) in [5, 5.41) is 8.63. The van der Waals surface area contributed by atoms with E-state index in [0.717, 1.165) is 35.0 Å². The topological polar surface area (TPSA) is 78.2 Å². The van der Waals surface area contributed by atoms with Gasteiger partial charge >= 0.3 is 6.09 Å². The summed E-state index contributed by atoms with van der Waals surface area (Å²) < 4.78 is 9.36. The first-order valence-corrected chi connectivity index (χ1v) is 10.8. The summed E-state index contributed by atoms with van der Waals surface area (Å²) in [6, 6.07) is 8.01. The Balaban J connectivity index is 1.84. The van der Waals surface area contributed by atoms with E-state index in [-0.39, 0.29) is 11.6 Å². The first kappa shape index (κ1) is 21.2. The van der Waals surface area contributed by atoms with Crippen molar-refractivity contribution < 1.29 is 9.53 Å². The molecule has 0 unspecified atom stereocenters. The standard InChI is InChI=1S/C24H30N4O3/c1-6-20(31-23(30)26-24(2,3)4)19-12-15-8-7-9-18(16-13-25-27(5)14-16)21(15)22(29)28(19)17-10-11-17/h7-9,12-14,17,20H,6,10-11H2,1-5H3,(H,26,30)/t20-/m0/s1. The van der Waals surface area contributed by atoms with Gasteiger partial charge in [0.1, 0.15) is 6.10 Å². The van der Waals surface area contributed by atoms with Crippen molar-refractivity contribution in [2.75, 3.05) is 0 Å². The van der Waals surface area contributed by atoms with E-state index in [4.69, 9.17) is 4.74 Å². The summed E-state index contributed by atoms with van der Waals surface area (Å²) in [5.41, 5.74) is 2.11. The molecule has 1 aromatic carbocycles. The van der Waals surface area contributed by atoms with Crippen molar-refractivity contribution >= 4 is 16.9 Å². The van der Waals surface area contributed by atoms with Crippen LogP contribution < -0.4 is 10.9 Å².